The van der Waals surface area contributed by atoms with Crippen LogP contribution in [0.25, 0.3) is 0 Å². The number of nitrogens with one attached hydrogen (secondary N) is 1. The van der Waals surface area contributed by atoms with E-state index in [0.717, 1.165) is 5.69 Å². The third-order valence-electron chi connectivity index (χ3n) is 2.86. The average molecular weight is 327 g/mol. The van der Waals surface area contributed by atoms with Gasteiger partial charge in [0.15, 0.2) is 0 Å². The van der Waals surface area contributed by atoms with E-state index in [2.05, 4.69) is 14.7 Å². The van der Waals surface area contributed by atoms with Gasteiger partial charge in [0.25, 0.3) is 0 Å². The van der Waals surface area contributed by atoms with E-state index in [-0.39, 0.29) is 17.1 Å². The van der Waals surface area contributed by atoms with E-state index in [4.69, 9.17) is 17.3 Å². The number of aromatic nitrogens is 2. The van der Waals surface area contributed by atoms with Crippen LogP contribution < -0.4 is 10.5 Å². The first-order valence-corrected chi connectivity index (χ1v) is 7.98. The molecule has 0 spiro atoms. The lowest BCUT2D eigenvalue weighted by Crippen LogP contribution is -2.24. The van der Waals surface area contributed by atoms with Crippen molar-refractivity contribution in [3.8, 4) is 0 Å². The Morgan fingerprint density at radius 1 is 1.24 bits per heavy atom. The Kier molecular flexibility index (Phi) is 4.46. The lowest BCUT2D eigenvalue weighted by molar-refractivity contribution is 0.579. The molecule has 0 saturated heterocycles. The molecule has 0 radical (unpaired) electrons. The third kappa shape index (κ3) is 3.69. The van der Waals surface area contributed by atoms with Gasteiger partial charge in [0, 0.05) is 6.20 Å². The number of hydrogen-bond donors (Lipinski definition) is 2. The zero-order valence-electron chi connectivity index (χ0n) is 11.6. The molecule has 0 bridgehead atoms. The number of sulfonamides is 1. The van der Waals surface area contributed by atoms with Crippen molar-refractivity contribution < 1.29 is 8.42 Å². The van der Waals surface area contributed by atoms with E-state index in [9.17, 15) is 8.42 Å². The molecule has 0 aliphatic rings. The van der Waals surface area contributed by atoms with Crippen LogP contribution >= 0.6 is 11.6 Å². The molecule has 1 aromatic carbocycles. The highest BCUT2D eigenvalue weighted by Crippen LogP contribution is 2.26. The number of nitrogen functional groups attached to an aromatic ring is 1. The summed E-state index contributed by atoms with van der Waals surface area (Å²) < 4.78 is 27.1. The average Bonchev–Trinajstić information content (AvgIpc) is 2.42. The van der Waals surface area contributed by atoms with Gasteiger partial charge in [-0.05, 0) is 31.5 Å². The summed E-state index contributed by atoms with van der Waals surface area (Å²) in [7, 11) is -3.69. The lowest BCUT2D eigenvalue weighted by Gasteiger charge is -2.11. The highest BCUT2D eigenvalue weighted by molar-refractivity contribution is 7.89. The molecule has 1 heterocycles. The molecular weight excluding hydrogens is 312 g/mol. The van der Waals surface area contributed by atoms with Gasteiger partial charge >= 0.3 is 0 Å². The van der Waals surface area contributed by atoms with Crippen LogP contribution in [-0.2, 0) is 16.6 Å². The largest absolute Gasteiger partial charge is 0.397 e. The summed E-state index contributed by atoms with van der Waals surface area (Å²) in [4.78, 5) is 8.26. The summed E-state index contributed by atoms with van der Waals surface area (Å²) in [5.74, 6) is 0. The molecule has 6 nitrogen and oxygen atoms in total. The van der Waals surface area contributed by atoms with Crippen molar-refractivity contribution in [2.75, 3.05) is 5.73 Å². The smallest absolute Gasteiger partial charge is 0.241 e. The number of rotatable bonds is 4. The van der Waals surface area contributed by atoms with Crippen molar-refractivity contribution >= 4 is 27.3 Å². The molecule has 0 aliphatic carbocycles. The minimum absolute atomic E-state index is 0.0532. The summed E-state index contributed by atoms with van der Waals surface area (Å²) >= 11 is 5.87. The summed E-state index contributed by atoms with van der Waals surface area (Å²) in [6, 6.07) is 2.87. The molecule has 0 atom stereocenters. The Bertz CT molecular complexity index is 760. The molecule has 0 fully saturated rings. The minimum atomic E-state index is -3.69. The molecule has 2 aromatic rings. The van der Waals surface area contributed by atoms with Crippen molar-refractivity contribution in [2.24, 2.45) is 0 Å². The monoisotopic (exact) mass is 326 g/mol. The number of nitrogens with zero attached hydrogens (tertiary/aromatic N) is 2. The van der Waals surface area contributed by atoms with Crippen LogP contribution in [-0.4, -0.2) is 18.4 Å². The normalized spacial score (nSPS) is 11.6. The maximum atomic E-state index is 12.3. The first-order chi connectivity index (χ1) is 9.79. The van der Waals surface area contributed by atoms with Crippen LogP contribution in [0, 0.1) is 13.8 Å². The van der Waals surface area contributed by atoms with Gasteiger partial charge in [-0.25, -0.2) is 13.1 Å². The molecule has 2 rings (SSSR count). The minimum Gasteiger partial charge on any atom is -0.397 e. The predicted octanol–water partition coefficient (Wildman–Crippen LogP) is 1.81. The Labute approximate surface area is 128 Å². The maximum Gasteiger partial charge on any atom is 0.241 e. The van der Waals surface area contributed by atoms with Crippen LogP contribution in [0.2, 0.25) is 5.02 Å². The van der Waals surface area contributed by atoms with Crippen LogP contribution in [0.1, 0.15) is 17.0 Å². The standard InChI is InChI=1S/C13H15ClN4O2S/c1-8-3-11(14)12(15)4-13(8)21(19,20)18-7-10-6-16-9(2)5-17-10/h3-6,18H,7,15H2,1-2H3. The Balaban J connectivity index is 2.22. The molecule has 21 heavy (non-hydrogen) atoms. The van der Waals surface area contributed by atoms with Crippen molar-refractivity contribution in [1.29, 1.82) is 0 Å². The summed E-state index contributed by atoms with van der Waals surface area (Å²) in [5, 5.41) is 0.329. The summed E-state index contributed by atoms with van der Waals surface area (Å²) in [6.07, 6.45) is 3.11. The van der Waals surface area contributed by atoms with Gasteiger partial charge in [0.2, 0.25) is 10.0 Å². The van der Waals surface area contributed by atoms with Crippen LogP contribution in [0.15, 0.2) is 29.4 Å². The number of halogens is 1. The van der Waals surface area contributed by atoms with Crippen molar-refractivity contribution in [3.63, 3.8) is 0 Å². The summed E-state index contributed by atoms with van der Waals surface area (Å²) in [6.45, 7) is 3.52. The highest BCUT2D eigenvalue weighted by atomic mass is 35.5. The Morgan fingerprint density at radius 2 is 1.95 bits per heavy atom. The molecule has 0 saturated carbocycles. The first-order valence-electron chi connectivity index (χ1n) is 6.12. The van der Waals surface area contributed by atoms with E-state index in [0.29, 0.717) is 16.3 Å². The molecule has 0 unspecified atom stereocenters. The Morgan fingerprint density at radius 3 is 2.57 bits per heavy atom. The van der Waals surface area contributed by atoms with E-state index in [1.54, 1.807) is 20.0 Å². The molecule has 3 N–H and O–H groups in total. The number of benzene rings is 1. The molecular formula is C13H15ClN4O2S. The predicted molar refractivity (Wildman–Crippen MR) is 81.4 cm³/mol. The first kappa shape index (κ1) is 15.7. The lowest BCUT2D eigenvalue weighted by atomic mass is 10.2. The fraction of sp³-hybridized carbons (Fsp3) is 0.231. The molecule has 0 amide bonds. The van der Waals surface area contributed by atoms with Gasteiger partial charge in [-0.1, -0.05) is 11.6 Å². The van der Waals surface area contributed by atoms with Gasteiger partial charge in [0.1, 0.15) is 0 Å². The van der Waals surface area contributed by atoms with E-state index in [1.165, 1.54) is 18.3 Å². The van der Waals surface area contributed by atoms with Gasteiger partial charge in [-0.15, -0.1) is 0 Å². The van der Waals surface area contributed by atoms with Gasteiger partial charge in [0.05, 0.1) is 39.7 Å². The second-order valence-electron chi connectivity index (χ2n) is 4.61. The number of hydrogen-bond acceptors (Lipinski definition) is 5. The number of aryl methyl sites for hydroxylation is 2. The zero-order chi connectivity index (χ0) is 15.6. The van der Waals surface area contributed by atoms with Crippen LogP contribution in [0.3, 0.4) is 0 Å². The van der Waals surface area contributed by atoms with E-state index in [1.807, 2.05) is 0 Å². The molecule has 8 heteroatoms. The quantitative estimate of drug-likeness (QED) is 0.835. The molecule has 1 aromatic heterocycles. The molecule has 0 aliphatic heterocycles. The Hall–Kier alpha value is -1.70. The van der Waals surface area contributed by atoms with E-state index < -0.39 is 10.0 Å². The highest BCUT2D eigenvalue weighted by Gasteiger charge is 2.18. The third-order valence-corrected chi connectivity index (χ3v) is 4.73. The van der Waals surface area contributed by atoms with Gasteiger partial charge < -0.3 is 5.73 Å². The van der Waals surface area contributed by atoms with Crippen molar-refractivity contribution in [1.82, 2.24) is 14.7 Å². The zero-order valence-corrected chi connectivity index (χ0v) is 13.2. The van der Waals surface area contributed by atoms with Crippen LogP contribution in [0.4, 0.5) is 5.69 Å². The van der Waals surface area contributed by atoms with Crippen molar-refractivity contribution in [2.45, 2.75) is 25.3 Å². The van der Waals surface area contributed by atoms with Crippen LogP contribution in [0.5, 0.6) is 0 Å². The van der Waals surface area contributed by atoms with Gasteiger partial charge in [-0.2, -0.15) is 0 Å². The number of nitrogens with two attached hydrogens (primary N) is 1. The molecule has 112 valence electrons. The van der Waals surface area contributed by atoms with Crippen molar-refractivity contribution in [3.05, 3.63) is 46.5 Å². The fourth-order valence-corrected chi connectivity index (χ4v) is 3.19. The topological polar surface area (TPSA) is 98.0 Å². The second-order valence-corrected chi connectivity index (χ2v) is 6.76. The summed E-state index contributed by atoms with van der Waals surface area (Å²) in [5.41, 5.74) is 7.71. The fourth-order valence-electron chi connectivity index (χ4n) is 1.72. The maximum absolute atomic E-state index is 12.3. The second kappa shape index (κ2) is 5.97. The number of anilines is 1. The van der Waals surface area contributed by atoms with Gasteiger partial charge in [-0.3, -0.25) is 9.97 Å². The van der Waals surface area contributed by atoms with E-state index >= 15 is 0 Å². The SMILES string of the molecule is Cc1cnc(CNS(=O)(=O)c2cc(N)c(Cl)cc2C)cn1.